The van der Waals surface area contributed by atoms with Gasteiger partial charge in [0.25, 0.3) is 0 Å². The number of nitrogens with two attached hydrogens (primary N) is 1. The van der Waals surface area contributed by atoms with Gasteiger partial charge in [0, 0.05) is 6.61 Å². The molecule has 1 fully saturated rings. The van der Waals surface area contributed by atoms with E-state index in [0.29, 0.717) is 12.2 Å². The third-order valence-electron chi connectivity index (χ3n) is 3.82. The van der Waals surface area contributed by atoms with Gasteiger partial charge in [-0.3, -0.25) is 0 Å². The number of nitrogen functional groups attached to an aromatic ring is 1. The minimum Gasteiger partial charge on any atom is -0.396 e. The number of hydrogen-bond donors (Lipinski definition) is 3. The second-order valence-electron chi connectivity index (χ2n) is 5.47. The normalized spacial score (nSPS) is 22.2. The lowest BCUT2D eigenvalue weighted by atomic mass is 10.1. The molecule has 1 saturated heterocycles. The van der Waals surface area contributed by atoms with Gasteiger partial charge in [-0.1, -0.05) is 0 Å². The van der Waals surface area contributed by atoms with Crippen LogP contribution in [0.2, 0.25) is 0 Å². The number of nitrogens with zero attached hydrogens (tertiary/aromatic N) is 3. The monoisotopic (exact) mass is 356 g/mol. The van der Waals surface area contributed by atoms with Gasteiger partial charge in [0.2, 0.25) is 0 Å². The Labute approximate surface area is 140 Å². The summed E-state index contributed by atoms with van der Waals surface area (Å²) in [5.41, 5.74) is 7.52. The Kier molecular flexibility index (Phi) is 5.94. The summed E-state index contributed by atoms with van der Waals surface area (Å²) in [7, 11) is -1.93. The molecule has 0 bridgehead atoms. The first-order valence-corrected chi connectivity index (χ1v) is 8.91. The van der Waals surface area contributed by atoms with Crippen LogP contribution in [0.15, 0.2) is 18.5 Å². The number of anilines is 1. The summed E-state index contributed by atoms with van der Waals surface area (Å²) in [6, 6.07) is 3.81. The summed E-state index contributed by atoms with van der Waals surface area (Å²) in [6.45, 7) is 0.554. The second-order valence-corrected chi connectivity index (χ2v) is 6.46. The van der Waals surface area contributed by atoms with Crippen molar-refractivity contribution in [2.75, 3.05) is 25.6 Å². The highest BCUT2D eigenvalue weighted by atomic mass is 31.2. The first kappa shape index (κ1) is 17.5. The number of hydrogen-bond acceptors (Lipinski definition) is 8. The van der Waals surface area contributed by atoms with Crippen LogP contribution in [-0.4, -0.2) is 50.5 Å². The van der Waals surface area contributed by atoms with Gasteiger partial charge in [-0.05, 0) is 31.4 Å². The molecule has 1 aliphatic rings. The van der Waals surface area contributed by atoms with Crippen molar-refractivity contribution in [2.45, 2.75) is 31.5 Å². The molecule has 1 aliphatic heterocycles. The Balaban J connectivity index is 1.52. The summed E-state index contributed by atoms with van der Waals surface area (Å²) in [6.07, 6.45) is 3.33. The van der Waals surface area contributed by atoms with Crippen LogP contribution in [0.4, 0.5) is 5.82 Å². The summed E-state index contributed by atoms with van der Waals surface area (Å²) < 4.78 is 18.1. The second kappa shape index (κ2) is 8.15. The molecule has 2 aromatic rings. The van der Waals surface area contributed by atoms with Gasteiger partial charge < -0.3 is 29.5 Å². The van der Waals surface area contributed by atoms with Gasteiger partial charge in [0.05, 0.1) is 25.0 Å². The minimum atomic E-state index is -1.93. The number of rotatable bonds is 8. The van der Waals surface area contributed by atoms with Gasteiger partial charge >= 0.3 is 8.60 Å². The average molecular weight is 356 g/mol. The molecule has 3 unspecified atom stereocenters. The SMILES string of the molecule is Nc1ncnn2c(C3CCC(COP(O)OCCCO)O3)ccc12. The van der Waals surface area contributed by atoms with Crippen molar-refractivity contribution < 1.29 is 23.8 Å². The van der Waals surface area contributed by atoms with E-state index in [-0.39, 0.29) is 32.0 Å². The van der Waals surface area contributed by atoms with E-state index in [1.807, 2.05) is 12.1 Å². The zero-order valence-electron chi connectivity index (χ0n) is 13.1. The number of aliphatic hydroxyl groups is 1. The van der Waals surface area contributed by atoms with Crippen molar-refractivity contribution in [2.24, 2.45) is 0 Å². The number of ether oxygens (including phenoxy) is 1. The Morgan fingerprint density at radius 1 is 1.38 bits per heavy atom. The molecule has 10 heteroatoms. The fraction of sp³-hybridized carbons (Fsp3) is 0.571. The van der Waals surface area contributed by atoms with E-state index in [0.717, 1.165) is 24.1 Å². The van der Waals surface area contributed by atoms with E-state index in [1.54, 1.807) is 4.52 Å². The highest BCUT2D eigenvalue weighted by Crippen LogP contribution is 2.37. The fourth-order valence-electron chi connectivity index (χ4n) is 2.65. The molecular formula is C14H21N4O5P. The number of aromatic nitrogens is 3. The topological polar surface area (TPSA) is 124 Å². The predicted octanol–water partition coefficient (Wildman–Crippen LogP) is 1.17. The van der Waals surface area contributed by atoms with Crippen molar-refractivity contribution in [3.8, 4) is 0 Å². The molecule has 0 spiro atoms. The molecule has 0 saturated carbocycles. The largest absolute Gasteiger partial charge is 0.396 e. The summed E-state index contributed by atoms with van der Waals surface area (Å²) in [4.78, 5) is 13.6. The predicted molar refractivity (Wildman–Crippen MR) is 87.0 cm³/mol. The lowest BCUT2D eigenvalue weighted by Crippen LogP contribution is -2.14. The number of fused-ring (bicyclic) bond motifs is 1. The van der Waals surface area contributed by atoms with Crippen LogP contribution in [0, 0.1) is 0 Å². The van der Waals surface area contributed by atoms with E-state index >= 15 is 0 Å². The lowest BCUT2D eigenvalue weighted by Gasteiger charge is -2.16. The van der Waals surface area contributed by atoms with Crippen LogP contribution < -0.4 is 5.73 Å². The van der Waals surface area contributed by atoms with Crippen LogP contribution in [-0.2, 0) is 13.8 Å². The minimum absolute atomic E-state index is 0.0237. The molecule has 3 rings (SSSR count). The van der Waals surface area contributed by atoms with E-state index in [9.17, 15) is 4.89 Å². The third-order valence-corrected chi connectivity index (χ3v) is 4.60. The Bertz CT molecular complexity index is 670. The maximum atomic E-state index is 9.61. The molecule has 24 heavy (non-hydrogen) atoms. The molecule has 3 atom stereocenters. The first-order valence-electron chi connectivity index (χ1n) is 7.78. The van der Waals surface area contributed by atoms with E-state index in [1.165, 1.54) is 6.33 Å². The molecule has 132 valence electrons. The van der Waals surface area contributed by atoms with Crippen molar-refractivity contribution in [1.29, 1.82) is 0 Å². The Morgan fingerprint density at radius 3 is 3.08 bits per heavy atom. The van der Waals surface area contributed by atoms with Gasteiger partial charge in [-0.15, -0.1) is 0 Å². The molecule has 9 nitrogen and oxygen atoms in total. The van der Waals surface area contributed by atoms with Crippen LogP contribution >= 0.6 is 8.60 Å². The van der Waals surface area contributed by atoms with E-state index in [2.05, 4.69) is 10.1 Å². The molecule has 0 aliphatic carbocycles. The molecule has 0 radical (unpaired) electrons. The molecular weight excluding hydrogens is 335 g/mol. The van der Waals surface area contributed by atoms with Crippen LogP contribution in [0.1, 0.15) is 31.1 Å². The molecule has 0 aromatic carbocycles. The van der Waals surface area contributed by atoms with Crippen molar-refractivity contribution in [3.63, 3.8) is 0 Å². The highest BCUT2D eigenvalue weighted by molar-refractivity contribution is 7.40. The summed E-state index contributed by atoms with van der Waals surface area (Å²) in [5, 5.41) is 12.9. The van der Waals surface area contributed by atoms with E-state index in [4.69, 9.17) is 24.6 Å². The maximum absolute atomic E-state index is 9.61. The summed E-state index contributed by atoms with van der Waals surface area (Å²) >= 11 is 0. The lowest BCUT2D eigenvalue weighted by molar-refractivity contribution is 0.0102. The van der Waals surface area contributed by atoms with Crippen molar-refractivity contribution >= 4 is 19.9 Å². The van der Waals surface area contributed by atoms with Gasteiger partial charge in [0.15, 0.2) is 5.82 Å². The quantitative estimate of drug-likeness (QED) is 0.475. The van der Waals surface area contributed by atoms with Gasteiger partial charge in [-0.25, -0.2) is 9.50 Å². The average Bonchev–Trinajstić information content (AvgIpc) is 3.20. The van der Waals surface area contributed by atoms with Crippen molar-refractivity contribution in [3.05, 3.63) is 24.2 Å². The van der Waals surface area contributed by atoms with Gasteiger partial charge in [0.1, 0.15) is 17.9 Å². The highest BCUT2D eigenvalue weighted by Gasteiger charge is 2.29. The Hall–Kier alpha value is -1.35. The standard InChI is InChI=1S/C14H21N4O5P/c15-14-12-4-3-11(18(12)17-9-16-14)13-5-2-10(23-13)8-22-24(20)21-7-1-6-19/h3-4,9-10,13,19-20H,1-2,5-8H2,(H2,15,16,17). The van der Waals surface area contributed by atoms with Crippen LogP contribution in [0.25, 0.3) is 5.52 Å². The zero-order chi connectivity index (χ0) is 16.9. The smallest absolute Gasteiger partial charge is 0.329 e. The summed E-state index contributed by atoms with van der Waals surface area (Å²) in [5.74, 6) is 0.431. The van der Waals surface area contributed by atoms with Crippen molar-refractivity contribution in [1.82, 2.24) is 14.6 Å². The molecule has 2 aromatic heterocycles. The molecule has 3 heterocycles. The fourth-order valence-corrected chi connectivity index (χ4v) is 3.31. The zero-order valence-corrected chi connectivity index (χ0v) is 14.0. The number of aliphatic hydroxyl groups excluding tert-OH is 1. The van der Waals surface area contributed by atoms with Crippen LogP contribution in [0.5, 0.6) is 0 Å². The third kappa shape index (κ3) is 4.00. The van der Waals surface area contributed by atoms with Crippen LogP contribution in [0.3, 0.4) is 0 Å². The first-order chi connectivity index (χ1) is 11.7. The molecule has 0 amide bonds. The van der Waals surface area contributed by atoms with E-state index < -0.39 is 8.60 Å². The maximum Gasteiger partial charge on any atom is 0.329 e. The van der Waals surface area contributed by atoms with Gasteiger partial charge in [-0.2, -0.15) is 5.10 Å². The Morgan fingerprint density at radius 2 is 2.25 bits per heavy atom. The molecule has 4 N–H and O–H groups in total.